The van der Waals surface area contributed by atoms with Gasteiger partial charge < -0.3 is 4.98 Å². The quantitative estimate of drug-likeness (QED) is 0.903. The predicted molar refractivity (Wildman–Crippen MR) is 73.2 cm³/mol. The molecule has 104 valence electrons. The number of nitrogens with zero attached hydrogens (tertiary/aromatic N) is 3. The topological polar surface area (TPSA) is 89.8 Å². The molecule has 0 spiro atoms. The maximum Gasteiger partial charge on any atom is 0.260 e. The highest BCUT2D eigenvalue weighted by molar-refractivity contribution is 8.00. The lowest BCUT2D eigenvalue weighted by atomic mass is 9.99. The minimum absolute atomic E-state index is 0.124. The van der Waals surface area contributed by atoms with Crippen LogP contribution in [0.3, 0.4) is 0 Å². The van der Waals surface area contributed by atoms with Crippen molar-refractivity contribution in [3.05, 3.63) is 12.0 Å². The second kappa shape index (κ2) is 5.15. The summed E-state index contributed by atoms with van der Waals surface area (Å²) in [6.07, 6.45) is 4.34. The summed E-state index contributed by atoms with van der Waals surface area (Å²) >= 11 is 1.50. The van der Waals surface area contributed by atoms with E-state index < -0.39 is 14.8 Å². The van der Waals surface area contributed by atoms with Gasteiger partial charge in [0.25, 0.3) is 10.0 Å². The van der Waals surface area contributed by atoms with E-state index >= 15 is 0 Å². The van der Waals surface area contributed by atoms with E-state index in [0.29, 0.717) is 31.8 Å². The Morgan fingerprint density at radius 3 is 2.58 bits per heavy atom. The number of nitriles is 1. The van der Waals surface area contributed by atoms with E-state index in [1.165, 1.54) is 22.3 Å². The van der Waals surface area contributed by atoms with Gasteiger partial charge in [0.15, 0.2) is 5.03 Å². The lowest BCUT2D eigenvalue weighted by Gasteiger charge is -2.35. The number of H-pyrrole nitrogens is 1. The Hall–Kier alpha value is -1.04. The molecule has 0 unspecified atom stereocenters. The highest BCUT2D eigenvalue weighted by Gasteiger charge is 2.38. The van der Waals surface area contributed by atoms with Crippen molar-refractivity contribution in [2.75, 3.05) is 19.3 Å². The maximum atomic E-state index is 12.4. The fourth-order valence-corrected chi connectivity index (χ4v) is 4.20. The van der Waals surface area contributed by atoms with Gasteiger partial charge in [0.2, 0.25) is 0 Å². The molecule has 0 amide bonds. The van der Waals surface area contributed by atoms with E-state index in [2.05, 4.69) is 16.0 Å². The molecule has 0 saturated carbocycles. The Kier molecular flexibility index (Phi) is 3.90. The monoisotopic (exact) mass is 300 g/mol. The molecule has 0 atom stereocenters. The molecule has 8 heteroatoms. The van der Waals surface area contributed by atoms with E-state index in [4.69, 9.17) is 0 Å². The molecule has 2 heterocycles. The van der Waals surface area contributed by atoms with Crippen LogP contribution in [0.4, 0.5) is 0 Å². The van der Waals surface area contributed by atoms with Crippen molar-refractivity contribution in [1.29, 1.82) is 5.26 Å². The highest BCUT2D eigenvalue weighted by atomic mass is 32.2. The molecule has 1 saturated heterocycles. The van der Waals surface area contributed by atoms with Gasteiger partial charge in [-0.05, 0) is 26.0 Å². The first-order valence-corrected chi connectivity index (χ1v) is 8.58. The molecule has 2 rings (SSSR count). The molecule has 1 fully saturated rings. The summed E-state index contributed by atoms with van der Waals surface area (Å²) in [7, 11) is -3.51. The standard InChI is InChI=1S/C11H16N4O2S2/c1-9-13-7-10(14-9)19(16,17)15-5-3-11(8-12,18-2)4-6-15/h7H,3-6H2,1-2H3,(H,13,14). The van der Waals surface area contributed by atoms with Gasteiger partial charge in [0.1, 0.15) is 10.6 Å². The Labute approximate surface area is 117 Å². The zero-order valence-electron chi connectivity index (χ0n) is 10.9. The van der Waals surface area contributed by atoms with Crippen LogP contribution in [0.25, 0.3) is 0 Å². The zero-order chi connectivity index (χ0) is 14.1. The molecule has 0 aliphatic carbocycles. The number of piperidine rings is 1. The average Bonchev–Trinajstić information content (AvgIpc) is 2.86. The summed E-state index contributed by atoms with van der Waals surface area (Å²) in [5, 5.41) is 9.32. The molecule has 1 N–H and O–H groups in total. The smallest absolute Gasteiger partial charge is 0.260 e. The number of imidazole rings is 1. The summed E-state index contributed by atoms with van der Waals surface area (Å²) < 4.78 is 25.7. The number of nitrogens with one attached hydrogen (secondary N) is 1. The average molecular weight is 300 g/mol. The van der Waals surface area contributed by atoms with E-state index in [1.807, 2.05) is 6.26 Å². The molecule has 6 nitrogen and oxygen atoms in total. The predicted octanol–water partition coefficient (Wildman–Crippen LogP) is 1.13. The van der Waals surface area contributed by atoms with Crippen LogP contribution in [0.5, 0.6) is 0 Å². The van der Waals surface area contributed by atoms with Crippen molar-refractivity contribution in [2.24, 2.45) is 0 Å². The van der Waals surface area contributed by atoms with E-state index in [1.54, 1.807) is 6.92 Å². The molecule has 1 aromatic heterocycles. The van der Waals surface area contributed by atoms with Crippen LogP contribution < -0.4 is 0 Å². The Morgan fingerprint density at radius 1 is 1.53 bits per heavy atom. The van der Waals surface area contributed by atoms with Gasteiger partial charge in [-0.2, -0.15) is 9.57 Å². The summed E-state index contributed by atoms with van der Waals surface area (Å²) in [6.45, 7) is 2.45. The van der Waals surface area contributed by atoms with Crippen molar-refractivity contribution in [1.82, 2.24) is 14.3 Å². The normalized spacial score (nSPS) is 20.1. The van der Waals surface area contributed by atoms with Gasteiger partial charge in [-0.15, -0.1) is 11.8 Å². The number of thioether (sulfide) groups is 1. The van der Waals surface area contributed by atoms with Crippen molar-refractivity contribution < 1.29 is 8.42 Å². The van der Waals surface area contributed by atoms with Crippen molar-refractivity contribution in [3.63, 3.8) is 0 Å². The largest absolute Gasteiger partial charge is 0.332 e. The number of aromatic nitrogens is 2. The Balaban J connectivity index is 2.16. The fraction of sp³-hybridized carbons (Fsp3) is 0.636. The maximum absolute atomic E-state index is 12.4. The first-order chi connectivity index (χ1) is 8.93. The van der Waals surface area contributed by atoms with E-state index in [9.17, 15) is 13.7 Å². The van der Waals surface area contributed by atoms with Crippen molar-refractivity contribution in [2.45, 2.75) is 29.5 Å². The number of aromatic amines is 1. The van der Waals surface area contributed by atoms with Crippen molar-refractivity contribution in [3.8, 4) is 6.07 Å². The van der Waals surface area contributed by atoms with Gasteiger partial charge in [-0.25, -0.2) is 13.4 Å². The molecule has 1 aliphatic rings. The molecule has 0 bridgehead atoms. The zero-order valence-corrected chi connectivity index (χ0v) is 12.5. The van der Waals surface area contributed by atoms with Crippen LogP contribution in [0.1, 0.15) is 18.7 Å². The number of rotatable bonds is 3. The molecule has 19 heavy (non-hydrogen) atoms. The van der Waals surface area contributed by atoms with Gasteiger partial charge in [-0.3, -0.25) is 0 Å². The number of aryl methyl sites for hydroxylation is 1. The van der Waals surface area contributed by atoms with Crippen LogP contribution in [0.2, 0.25) is 0 Å². The highest BCUT2D eigenvalue weighted by Crippen LogP contribution is 2.35. The van der Waals surface area contributed by atoms with E-state index in [-0.39, 0.29) is 5.03 Å². The van der Waals surface area contributed by atoms with Crippen molar-refractivity contribution >= 4 is 21.8 Å². The first-order valence-electron chi connectivity index (χ1n) is 5.92. The molecule has 1 aromatic rings. The van der Waals surface area contributed by atoms with Gasteiger partial charge >= 0.3 is 0 Å². The van der Waals surface area contributed by atoms with Gasteiger partial charge in [0.05, 0.1) is 12.3 Å². The third-order valence-electron chi connectivity index (χ3n) is 3.42. The molecule has 0 radical (unpaired) electrons. The third kappa shape index (κ3) is 2.63. The van der Waals surface area contributed by atoms with Crippen LogP contribution in [-0.4, -0.2) is 46.8 Å². The Bertz CT molecular complexity index is 594. The SMILES string of the molecule is CSC1(C#N)CCN(S(=O)(=O)c2cnc(C)[nH]2)CC1. The van der Waals surface area contributed by atoms with Crippen LogP contribution in [0, 0.1) is 18.3 Å². The first kappa shape index (κ1) is 14.4. The third-order valence-corrected chi connectivity index (χ3v) is 6.51. The van der Waals surface area contributed by atoms with E-state index in [0.717, 1.165) is 0 Å². The lowest BCUT2D eigenvalue weighted by Crippen LogP contribution is -2.44. The number of hydrogen-bond acceptors (Lipinski definition) is 5. The second-order valence-electron chi connectivity index (χ2n) is 4.55. The lowest BCUT2D eigenvalue weighted by molar-refractivity contribution is 0.326. The molecule has 0 aromatic carbocycles. The summed E-state index contributed by atoms with van der Waals surface area (Å²) in [5.41, 5.74) is 0. The van der Waals surface area contributed by atoms with Crippen LogP contribution in [0.15, 0.2) is 11.2 Å². The summed E-state index contributed by atoms with van der Waals surface area (Å²) in [6, 6.07) is 2.30. The second-order valence-corrected chi connectivity index (χ2v) is 7.64. The van der Waals surface area contributed by atoms with Crippen LogP contribution in [-0.2, 0) is 10.0 Å². The minimum Gasteiger partial charge on any atom is -0.332 e. The number of hydrogen-bond donors (Lipinski definition) is 1. The van der Waals surface area contributed by atoms with Gasteiger partial charge in [-0.1, -0.05) is 0 Å². The summed E-state index contributed by atoms with van der Waals surface area (Å²) in [4.78, 5) is 6.67. The summed E-state index contributed by atoms with van der Waals surface area (Å²) in [5.74, 6) is 0.575. The Morgan fingerprint density at radius 2 is 2.16 bits per heavy atom. The molecular weight excluding hydrogens is 284 g/mol. The number of sulfonamides is 1. The van der Waals surface area contributed by atoms with Crippen LogP contribution >= 0.6 is 11.8 Å². The molecule has 1 aliphatic heterocycles. The van der Waals surface area contributed by atoms with Gasteiger partial charge in [0, 0.05) is 13.1 Å². The molecular formula is C11H16N4O2S2. The minimum atomic E-state index is -3.51. The fourth-order valence-electron chi connectivity index (χ4n) is 2.12.